The highest BCUT2D eigenvalue weighted by Gasteiger charge is 2.61. The Bertz CT molecular complexity index is 690. The quantitative estimate of drug-likeness (QED) is 0.429. The van der Waals surface area contributed by atoms with Gasteiger partial charge in [0.15, 0.2) is 5.78 Å². The van der Waals surface area contributed by atoms with Gasteiger partial charge in [0, 0.05) is 11.8 Å². The van der Waals surface area contributed by atoms with Gasteiger partial charge in [-0.2, -0.15) is 0 Å². The Morgan fingerprint density at radius 1 is 1.12 bits per heavy atom. The summed E-state index contributed by atoms with van der Waals surface area (Å²) in [7, 11) is 0. The molecule has 6 atom stereocenters. The van der Waals surface area contributed by atoms with E-state index in [9.17, 15) is 9.59 Å². The molecule has 0 N–H and O–H groups in total. The van der Waals surface area contributed by atoms with Gasteiger partial charge in [0.25, 0.3) is 0 Å². The highest BCUT2D eigenvalue weighted by molar-refractivity contribution is 9.10. The monoisotopic (exact) mass is 390 g/mol. The molecule has 0 aromatic carbocycles. The van der Waals surface area contributed by atoms with Crippen molar-refractivity contribution in [3.05, 3.63) is 23.3 Å². The van der Waals surface area contributed by atoms with E-state index in [0.29, 0.717) is 23.5 Å². The van der Waals surface area contributed by atoms with Gasteiger partial charge in [-0.3, -0.25) is 9.59 Å². The Labute approximate surface area is 153 Å². The van der Waals surface area contributed by atoms with Crippen LogP contribution in [0, 0.1) is 28.6 Å². The number of allylic oxidation sites excluding steroid dienone is 2. The summed E-state index contributed by atoms with van der Waals surface area (Å²) in [6.07, 6.45) is 5.62. The van der Waals surface area contributed by atoms with Crippen LogP contribution in [0.4, 0.5) is 0 Å². The number of halogens is 1. The Hall–Kier alpha value is -0.700. The van der Waals surface area contributed by atoms with Crippen LogP contribution in [0.2, 0.25) is 0 Å². The third-order valence-corrected chi connectivity index (χ3v) is 8.81. The molecule has 0 aromatic heterocycles. The molecule has 4 aliphatic rings. The summed E-state index contributed by atoms with van der Waals surface area (Å²) in [5, 5.41) is 0. The lowest BCUT2D eigenvalue weighted by molar-refractivity contribution is -0.131. The molecule has 1 unspecified atom stereocenters. The van der Waals surface area contributed by atoms with Crippen molar-refractivity contribution in [1.29, 1.82) is 0 Å². The number of Topliss-reactive ketones (excluding diaryl/α,β-unsaturated/α-hetero) is 2. The van der Waals surface area contributed by atoms with Crippen molar-refractivity contribution in [3.8, 4) is 0 Å². The van der Waals surface area contributed by atoms with Crippen molar-refractivity contribution < 1.29 is 9.59 Å². The van der Waals surface area contributed by atoms with Gasteiger partial charge in [0.1, 0.15) is 5.78 Å². The van der Waals surface area contributed by atoms with Crippen LogP contribution >= 0.6 is 15.9 Å². The first kappa shape index (κ1) is 16.8. The zero-order valence-electron chi connectivity index (χ0n) is 15.0. The van der Waals surface area contributed by atoms with Crippen LogP contribution in [-0.2, 0) is 9.59 Å². The van der Waals surface area contributed by atoms with E-state index in [0.717, 1.165) is 44.1 Å². The van der Waals surface area contributed by atoms with Gasteiger partial charge < -0.3 is 0 Å². The predicted octanol–water partition coefficient (Wildman–Crippen LogP) is 5.02. The molecule has 130 valence electrons. The van der Waals surface area contributed by atoms with E-state index in [1.807, 2.05) is 6.92 Å². The zero-order valence-corrected chi connectivity index (χ0v) is 16.5. The van der Waals surface area contributed by atoms with E-state index in [1.54, 1.807) is 0 Å². The molecule has 0 aliphatic heterocycles. The molecule has 0 spiro atoms. The molecule has 0 saturated heterocycles. The van der Waals surface area contributed by atoms with Crippen LogP contribution in [-0.4, -0.2) is 16.4 Å². The third kappa shape index (κ3) is 1.94. The number of fused-ring (bicyclic) bond motifs is 5. The summed E-state index contributed by atoms with van der Waals surface area (Å²) in [5.41, 5.74) is 3.52. The van der Waals surface area contributed by atoms with Crippen LogP contribution in [0.15, 0.2) is 23.3 Å². The van der Waals surface area contributed by atoms with Crippen LogP contribution in [0.1, 0.15) is 59.3 Å². The number of rotatable bonds is 0. The first-order valence-electron chi connectivity index (χ1n) is 9.29. The molecule has 0 radical (unpaired) electrons. The Morgan fingerprint density at radius 2 is 1.79 bits per heavy atom. The Morgan fingerprint density at radius 3 is 2.50 bits per heavy atom. The molecule has 0 bridgehead atoms. The number of alkyl halides is 1. The highest BCUT2D eigenvalue weighted by atomic mass is 79.9. The number of hydrogen-bond donors (Lipinski definition) is 0. The molecular weight excluding hydrogens is 364 g/mol. The molecular formula is C21H27BrO2. The molecule has 0 amide bonds. The van der Waals surface area contributed by atoms with E-state index in [-0.39, 0.29) is 21.4 Å². The van der Waals surface area contributed by atoms with E-state index in [1.165, 1.54) is 11.1 Å². The fraction of sp³-hybridized carbons (Fsp3) is 0.714. The van der Waals surface area contributed by atoms with Gasteiger partial charge in [-0.15, -0.1) is 0 Å². The zero-order chi connectivity index (χ0) is 17.4. The van der Waals surface area contributed by atoms with E-state index < -0.39 is 0 Å². The Kier molecular flexibility index (Phi) is 3.60. The molecule has 3 saturated carbocycles. The van der Waals surface area contributed by atoms with Crippen molar-refractivity contribution in [2.75, 3.05) is 0 Å². The van der Waals surface area contributed by atoms with Gasteiger partial charge in [-0.05, 0) is 67.8 Å². The standard InChI is InChI=1S/C21H27BrO2/c1-11-9-15-12(2)19(24)16(22)10-21(15,4)14-7-8-20(3)13(18(11)14)5-6-17(20)23/h13-14,16,18H,1,5-10H2,2-4H3/t13-,14+,16?,18-,20-,21+/m0/s1. The number of hydrogen-bond acceptors (Lipinski definition) is 2. The summed E-state index contributed by atoms with van der Waals surface area (Å²) in [6.45, 7) is 11.0. The number of ketones is 2. The molecule has 0 aromatic rings. The molecule has 3 heteroatoms. The van der Waals surface area contributed by atoms with Crippen molar-refractivity contribution in [3.63, 3.8) is 0 Å². The average molecular weight is 391 g/mol. The summed E-state index contributed by atoms with van der Waals surface area (Å²) >= 11 is 3.64. The van der Waals surface area contributed by atoms with Crippen molar-refractivity contribution in [2.24, 2.45) is 28.6 Å². The lowest BCUT2D eigenvalue weighted by Crippen LogP contribution is -2.53. The van der Waals surface area contributed by atoms with Gasteiger partial charge in [0.05, 0.1) is 4.83 Å². The van der Waals surface area contributed by atoms with E-state index >= 15 is 0 Å². The van der Waals surface area contributed by atoms with Gasteiger partial charge >= 0.3 is 0 Å². The van der Waals surface area contributed by atoms with Crippen LogP contribution < -0.4 is 0 Å². The summed E-state index contributed by atoms with van der Waals surface area (Å²) < 4.78 is 0. The fourth-order valence-electron chi connectivity index (χ4n) is 6.65. The highest BCUT2D eigenvalue weighted by Crippen LogP contribution is 2.66. The smallest absolute Gasteiger partial charge is 0.172 e. The predicted molar refractivity (Wildman–Crippen MR) is 99.0 cm³/mol. The molecule has 4 aliphatic carbocycles. The van der Waals surface area contributed by atoms with Crippen molar-refractivity contribution >= 4 is 27.5 Å². The molecule has 24 heavy (non-hydrogen) atoms. The van der Waals surface area contributed by atoms with Crippen LogP contribution in [0.5, 0.6) is 0 Å². The molecule has 0 heterocycles. The lowest BCUT2D eigenvalue weighted by atomic mass is 9.46. The van der Waals surface area contributed by atoms with Crippen LogP contribution in [0.3, 0.4) is 0 Å². The topological polar surface area (TPSA) is 34.1 Å². The maximum Gasteiger partial charge on any atom is 0.172 e. The summed E-state index contributed by atoms with van der Waals surface area (Å²) in [5.74, 6) is 2.16. The fourth-order valence-corrected chi connectivity index (χ4v) is 7.67. The van der Waals surface area contributed by atoms with E-state index in [2.05, 4.69) is 36.4 Å². The third-order valence-electron chi connectivity index (χ3n) is 8.07. The normalized spacial score (nSPS) is 48.2. The summed E-state index contributed by atoms with van der Waals surface area (Å²) in [6, 6.07) is 0. The second kappa shape index (κ2) is 5.16. The molecule has 4 rings (SSSR count). The maximum atomic E-state index is 12.5. The SMILES string of the molecule is C=C1CC2=C(C)C(=O)C(Br)C[C@]2(C)[C@@H]2CC[C@]3(C)C(=O)CC[C@H]3[C@H]12. The van der Waals surface area contributed by atoms with Crippen molar-refractivity contribution in [1.82, 2.24) is 0 Å². The Balaban J connectivity index is 1.81. The first-order chi connectivity index (χ1) is 11.2. The summed E-state index contributed by atoms with van der Waals surface area (Å²) in [4.78, 5) is 25.0. The van der Waals surface area contributed by atoms with Crippen molar-refractivity contribution in [2.45, 2.75) is 64.1 Å². The van der Waals surface area contributed by atoms with Gasteiger partial charge in [-0.1, -0.05) is 47.5 Å². The molecule has 3 fully saturated rings. The molecule has 2 nitrogen and oxygen atoms in total. The van der Waals surface area contributed by atoms with Gasteiger partial charge in [-0.25, -0.2) is 0 Å². The second-order valence-electron chi connectivity index (χ2n) is 9.05. The minimum atomic E-state index is -0.130. The average Bonchev–Trinajstić information content (AvgIpc) is 2.83. The lowest BCUT2D eigenvalue weighted by Gasteiger charge is -2.58. The van der Waals surface area contributed by atoms with E-state index in [4.69, 9.17) is 0 Å². The second-order valence-corrected chi connectivity index (χ2v) is 10.2. The minimum absolute atomic E-state index is 0.0585. The van der Waals surface area contributed by atoms with Crippen LogP contribution in [0.25, 0.3) is 0 Å². The number of carbonyl (C=O) groups excluding carboxylic acids is 2. The maximum absolute atomic E-state index is 12.5. The largest absolute Gasteiger partial charge is 0.299 e. The minimum Gasteiger partial charge on any atom is -0.299 e. The first-order valence-corrected chi connectivity index (χ1v) is 10.2. The van der Waals surface area contributed by atoms with Gasteiger partial charge in [0.2, 0.25) is 0 Å². The number of carbonyl (C=O) groups is 2.